The molecule has 29 heavy (non-hydrogen) atoms. The molecular formula is C22H19BrN2O4. The Bertz CT molecular complexity index is 1020. The number of carbonyl (C=O) groups excluding carboxylic acids is 1. The van der Waals surface area contributed by atoms with Crippen LogP contribution in [0.1, 0.15) is 21.5 Å². The standard InChI is InChI=1S/C22H19BrN2O4/c1-28-18-9-10-20(21(26)12-18)22(27)25-24-13-16-3-2-4-19(11-16)29-14-15-5-7-17(23)8-6-15/h2-13,26H,14H2,1H3,(H,25,27)/b24-13-. The fourth-order valence-electron chi connectivity index (χ4n) is 2.49. The third-order valence-corrected chi connectivity index (χ3v) is 4.53. The molecule has 0 spiro atoms. The lowest BCUT2D eigenvalue weighted by atomic mass is 10.2. The molecule has 0 unspecified atom stereocenters. The summed E-state index contributed by atoms with van der Waals surface area (Å²) in [5, 5.41) is 13.8. The zero-order valence-corrected chi connectivity index (χ0v) is 17.2. The monoisotopic (exact) mass is 454 g/mol. The normalized spacial score (nSPS) is 10.7. The van der Waals surface area contributed by atoms with E-state index >= 15 is 0 Å². The Balaban J connectivity index is 1.58. The van der Waals surface area contributed by atoms with Gasteiger partial charge in [-0.15, -0.1) is 0 Å². The van der Waals surface area contributed by atoms with Crippen LogP contribution in [-0.2, 0) is 6.61 Å². The molecule has 0 bridgehead atoms. The predicted octanol–water partition coefficient (Wildman–Crippen LogP) is 4.51. The average Bonchev–Trinajstić information content (AvgIpc) is 2.73. The maximum absolute atomic E-state index is 12.2. The summed E-state index contributed by atoms with van der Waals surface area (Å²) in [7, 11) is 1.48. The van der Waals surface area contributed by atoms with Gasteiger partial charge in [0.05, 0.1) is 18.9 Å². The van der Waals surface area contributed by atoms with Crippen LogP contribution in [0, 0.1) is 0 Å². The number of nitrogens with zero attached hydrogens (tertiary/aromatic N) is 1. The number of aromatic hydroxyl groups is 1. The van der Waals surface area contributed by atoms with Gasteiger partial charge in [-0.1, -0.05) is 40.2 Å². The van der Waals surface area contributed by atoms with E-state index in [2.05, 4.69) is 26.5 Å². The van der Waals surface area contributed by atoms with Crippen LogP contribution in [-0.4, -0.2) is 24.3 Å². The Morgan fingerprint density at radius 2 is 1.90 bits per heavy atom. The minimum atomic E-state index is -0.524. The van der Waals surface area contributed by atoms with E-state index in [1.54, 1.807) is 6.07 Å². The van der Waals surface area contributed by atoms with Crippen molar-refractivity contribution in [2.75, 3.05) is 7.11 Å². The van der Waals surface area contributed by atoms with E-state index in [0.29, 0.717) is 18.1 Å². The van der Waals surface area contributed by atoms with Crippen molar-refractivity contribution in [3.05, 3.63) is 87.9 Å². The molecule has 7 heteroatoms. The molecular weight excluding hydrogens is 436 g/mol. The number of halogens is 1. The number of rotatable bonds is 7. The average molecular weight is 455 g/mol. The van der Waals surface area contributed by atoms with Gasteiger partial charge in [-0.25, -0.2) is 5.43 Å². The Morgan fingerprint density at radius 3 is 2.62 bits per heavy atom. The predicted molar refractivity (Wildman–Crippen MR) is 115 cm³/mol. The highest BCUT2D eigenvalue weighted by molar-refractivity contribution is 9.10. The van der Waals surface area contributed by atoms with Gasteiger partial charge >= 0.3 is 0 Å². The number of methoxy groups -OCH3 is 1. The molecule has 0 radical (unpaired) electrons. The summed E-state index contributed by atoms with van der Waals surface area (Å²) in [5.41, 5.74) is 4.31. The molecule has 3 aromatic carbocycles. The van der Waals surface area contributed by atoms with Crippen LogP contribution in [0.3, 0.4) is 0 Å². The molecule has 2 N–H and O–H groups in total. The number of ether oxygens (including phenoxy) is 2. The van der Waals surface area contributed by atoms with Crippen molar-refractivity contribution in [1.82, 2.24) is 5.43 Å². The van der Waals surface area contributed by atoms with Crippen molar-refractivity contribution in [2.24, 2.45) is 5.10 Å². The molecule has 0 aliphatic carbocycles. The number of nitrogens with one attached hydrogen (secondary N) is 1. The van der Waals surface area contributed by atoms with Crippen molar-refractivity contribution in [2.45, 2.75) is 6.61 Å². The second-order valence-electron chi connectivity index (χ2n) is 6.07. The van der Waals surface area contributed by atoms with E-state index < -0.39 is 5.91 Å². The molecule has 0 atom stereocenters. The second kappa shape index (κ2) is 9.75. The van der Waals surface area contributed by atoms with Crippen LogP contribution in [0.25, 0.3) is 0 Å². The highest BCUT2D eigenvalue weighted by Crippen LogP contribution is 2.23. The summed E-state index contributed by atoms with van der Waals surface area (Å²) in [6, 6.07) is 19.7. The van der Waals surface area contributed by atoms with Crippen molar-refractivity contribution in [3.8, 4) is 17.2 Å². The first kappa shape index (κ1) is 20.4. The lowest BCUT2D eigenvalue weighted by Gasteiger charge is -2.07. The summed E-state index contributed by atoms with van der Waals surface area (Å²) in [5.74, 6) is 0.447. The van der Waals surface area contributed by atoms with E-state index in [1.807, 2.05) is 48.5 Å². The van der Waals surface area contributed by atoms with Gasteiger partial charge in [0, 0.05) is 10.5 Å². The fourth-order valence-corrected chi connectivity index (χ4v) is 2.75. The quantitative estimate of drug-likeness (QED) is 0.406. The van der Waals surface area contributed by atoms with Crippen LogP contribution in [0.4, 0.5) is 0 Å². The van der Waals surface area contributed by atoms with Crippen LogP contribution >= 0.6 is 15.9 Å². The minimum Gasteiger partial charge on any atom is -0.507 e. The van der Waals surface area contributed by atoms with E-state index in [1.165, 1.54) is 25.5 Å². The third-order valence-electron chi connectivity index (χ3n) is 4.01. The Hall–Kier alpha value is -3.32. The Kier molecular flexibility index (Phi) is 6.86. The fraction of sp³-hybridized carbons (Fsp3) is 0.0909. The lowest BCUT2D eigenvalue weighted by molar-refractivity contribution is 0.0952. The second-order valence-corrected chi connectivity index (χ2v) is 6.99. The first-order valence-corrected chi connectivity index (χ1v) is 9.52. The maximum Gasteiger partial charge on any atom is 0.275 e. The first-order chi connectivity index (χ1) is 14.0. The molecule has 0 heterocycles. The van der Waals surface area contributed by atoms with Crippen molar-refractivity contribution in [3.63, 3.8) is 0 Å². The van der Waals surface area contributed by atoms with Crippen molar-refractivity contribution < 1.29 is 19.4 Å². The number of hydrazone groups is 1. The Labute approximate surface area is 176 Å². The molecule has 0 aliphatic heterocycles. The number of phenolic OH excluding ortho intramolecular Hbond substituents is 1. The summed E-state index contributed by atoms with van der Waals surface area (Å²) >= 11 is 3.41. The first-order valence-electron chi connectivity index (χ1n) is 8.73. The van der Waals surface area contributed by atoms with Gasteiger partial charge in [0.2, 0.25) is 0 Å². The third kappa shape index (κ3) is 5.83. The largest absolute Gasteiger partial charge is 0.507 e. The van der Waals surface area contributed by atoms with E-state index in [-0.39, 0.29) is 11.3 Å². The van der Waals surface area contributed by atoms with E-state index in [0.717, 1.165) is 15.6 Å². The number of hydrogen-bond donors (Lipinski definition) is 2. The zero-order valence-electron chi connectivity index (χ0n) is 15.6. The van der Waals surface area contributed by atoms with Gasteiger partial charge in [-0.3, -0.25) is 4.79 Å². The van der Waals surface area contributed by atoms with E-state index in [4.69, 9.17) is 9.47 Å². The molecule has 1 amide bonds. The molecule has 0 saturated heterocycles. The van der Waals surface area contributed by atoms with E-state index in [9.17, 15) is 9.90 Å². The van der Waals surface area contributed by atoms with Gasteiger partial charge < -0.3 is 14.6 Å². The summed E-state index contributed by atoms with van der Waals surface area (Å²) in [6.45, 7) is 0.446. The van der Waals surface area contributed by atoms with Gasteiger partial charge in [-0.2, -0.15) is 5.10 Å². The number of carbonyl (C=O) groups is 1. The van der Waals surface area contributed by atoms with Gasteiger partial charge in [0.25, 0.3) is 5.91 Å². The van der Waals surface area contributed by atoms with Crippen LogP contribution < -0.4 is 14.9 Å². The smallest absolute Gasteiger partial charge is 0.275 e. The summed E-state index contributed by atoms with van der Waals surface area (Å²) in [6.07, 6.45) is 1.50. The molecule has 0 aliphatic rings. The van der Waals surface area contributed by atoms with Gasteiger partial charge in [0.15, 0.2) is 0 Å². The molecule has 0 fully saturated rings. The van der Waals surface area contributed by atoms with Crippen molar-refractivity contribution >= 4 is 28.1 Å². The van der Waals surface area contributed by atoms with Crippen LogP contribution in [0.15, 0.2) is 76.3 Å². The van der Waals surface area contributed by atoms with Crippen LogP contribution in [0.2, 0.25) is 0 Å². The zero-order chi connectivity index (χ0) is 20.6. The Morgan fingerprint density at radius 1 is 1.10 bits per heavy atom. The molecule has 148 valence electrons. The molecule has 0 saturated carbocycles. The van der Waals surface area contributed by atoms with Crippen molar-refractivity contribution in [1.29, 1.82) is 0 Å². The molecule has 3 aromatic rings. The number of benzene rings is 3. The molecule has 3 rings (SSSR count). The van der Waals surface area contributed by atoms with Gasteiger partial charge in [-0.05, 0) is 47.5 Å². The molecule has 6 nitrogen and oxygen atoms in total. The number of amides is 1. The lowest BCUT2D eigenvalue weighted by Crippen LogP contribution is -2.17. The maximum atomic E-state index is 12.2. The molecule has 0 aromatic heterocycles. The SMILES string of the molecule is COc1ccc(C(=O)N/N=C\c2cccc(OCc3ccc(Br)cc3)c2)c(O)c1. The number of phenols is 1. The highest BCUT2D eigenvalue weighted by atomic mass is 79.9. The summed E-state index contributed by atoms with van der Waals surface area (Å²) in [4.78, 5) is 12.2. The topological polar surface area (TPSA) is 80.2 Å². The van der Waals surface area contributed by atoms with Gasteiger partial charge in [0.1, 0.15) is 23.9 Å². The minimum absolute atomic E-state index is 0.106. The van der Waals surface area contributed by atoms with Crippen LogP contribution in [0.5, 0.6) is 17.2 Å². The summed E-state index contributed by atoms with van der Waals surface area (Å²) < 4.78 is 11.8. The highest BCUT2D eigenvalue weighted by Gasteiger charge is 2.11. The number of hydrogen-bond acceptors (Lipinski definition) is 5.